The first kappa shape index (κ1) is 14.7. The third kappa shape index (κ3) is 3.65. The molecule has 1 aromatic carbocycles. The lowest BCUT2D eigenvalue weighted by Crippen LogP contribution is -2.30. The number of nitrogen functional groups attached to an aromatic ring is 1. The van der Waals surface area contributed by atoms with E-state index in [1.807, 2.05) is 17.0 Å². The first-order valence-corrected chi connectivity index (χ1v) is 7.11. The summed E-state index contributed by atoms with van der Waals surface area (Å²) in [5, 5.41) is 0. The van der Waals surface area contributed by atoms with Gasteiger partial charge < -0.3 is 15.4 Å². The van der Waals surface area contributed by atoms with Crippen molar-refractivity contribution in [3.8, 4) is 5.75 Å². The second-order valence-corrected chi connectivity index (χ2v) is 6.34. The van der Waals surface area contributed by atoms with Crippen molar-refractivity contribution < 1.29 is 9.53 Å². The van der Waals surface area contributed by atoms with E-state index in [4.69, 9.17) is 10.5 Å². The predicted octanol–water partition coefficient (Wildman–Crippen LogP) is 2.82. The highest BCUT2D eigenvalue weighted by Gasteiger charge is 2.27. The van der Waals surface area contributed by atoms with Crippen LogP contribution in [0.1, 0.15) is 38.7 Å². The molecule has 110 valence electrons. The van der Waals surface area contributed by atoms with Crippen molar-refractivity contribution >= 4 is 11.6 Å². The zero-order valence-corrected chi connectivity index (χ0v) is 12.6. The quantitative estimate of drug-likeness (QED) is 0.864. The van der Waals surface area contributed by atoms with Gasteiger partial charge in [-0.2, -0.15) is 0 Å². The Morgan fingerprint density at radius 2 is 2.05 bits per heavy atom. The molecule has 2 rings (SSSR count). The fourth-order valence-electron chi connectivity index (χ4n) is 2.57. The van der Waals surface area contributed by atoms with E-state index in [1.165, 1.54) is 0 Å². The Labute approximate surface area is 120 Å². The molecular formula is C16H24N2O2. The third-order valence-corrected chi connectivity index (χ3v) is 4.02. The number of anilines is 1. The van der Waals surface area contributed by atoms with Crippen LogP contribution in [0.15, 0.2) is 18.2 Å². The number of hydrogen-bond donors (Lipinski definition) is 1. The summed E-state index contributed by atoms with van der Waals surface area (Å²) >= 11 is 0. The Hall–Kier alpha value is -1.71. The number of nitrogens with zero attached hydrogens (tertiary/aromatic N) is 1. The summed E-state index contributed by atoms with van der Waals surface area (Å²) in [7, 11) is 1.62. The van der Waals surface area contributed by atoms with Crippen molar-refractivity contribution in [3.63, 3.8) is 0 Å². The van der Waals surface area contributed by atoms with Crippen LogP contribution in [0, 0.1) is 5.41 Å². The molecule has 0 unspecified atom stereocenters. The minimum Gasteiger partial charge on any atom is -0.497 e. The number of likely N-dealkylation sites (tertiary alicyclic amines) is 1. The highest BCUT2D eigenvalue weighted by molar-refractivity contribution is 5.76. The molecule has 1 amide bonds. The van der Waals surface area contributed by atoms with E-state index < -0.39 is 0 Å². The summed E-state index contributed by atoms with van der Waals surface area (Å²) < 4.78 is 5.23. The van der Waals surface area contributed by atoms with Crippen molar-refractivity contribution in [2.45, 2.75) is 39.7 Å². The van der Waals surface area contributed by atoms with Crippen LogP contribution in [-0.2, 0) is 11.3 Å². The maximum atomic E-state index is 12.2. The van der Waals surface area contributed by atoms with Crippen molar-refractivity contribution in [2.75, 3.05) is 19.4 Å². The summed E-state index contributed by atoms with van der Waals surface area (Å²) in [5.41, 5.74) is 7.80. The number of rotatable bonds is 3. The highest BCUT2D eigenvalue weighted by Crippen LogP contribution is 2.31. The zero-order valence-electron chi connectivity index (χ0n) is 12.6. The van der Waals surface area contributed by atoms with Gasteiger partial charge in [0.05, 0.1) is 7.11 Å². The van der Waals surface area contributed by atoms with Gasteiger partial charge in [0.25, 0.3) is 0 Å². The molecule has 1 aliphatic heterocycles. The third-order valence-electron chi connectivity index (χ3n) is 4.02. The van der Waals surface area contributed by atoms with E-state index in [1.54, 1.807) is 13.2 Å². The average Bonchev–Trinajstić information content (AvgIpc) is 2.51. The first-order valence-electron chi connectivity index (χ1n) is 7.11. The molecule has 4 nitrogen and oxygen atoms in total. The molecule has 0 radical (unpaired) electrons. The highest BCUT2D eigenvalue weighted by atomic mass is 16.5. The number of benzene rings is 1. The monoisotopic (exact) mass is 276 g/mol. The minimum atomic E-state index is 0.233. The van der Waals surface area contributed by atoms with Gasteiger partial charge in [-0.15, -0.1) is 0 Å². The van der Waals surface area contributed by atoms with Crippen molar-refractivity contribution in [1.82, 2.24) is 4.90 Å². The first-order chi connectivity index (χ1) is 9.39. The summed E-state index contributed by atoms with van der Waals surface area (Å²) in [5.74, 6) is 0.972. The maximum absolute atomic E-state index is 12.2. The van der Waals surface area contributed by atoms with Gasteiger partial charge in [0.1, 0.15) is 5.75 Å². The second-order valence-electron chi connectivity index (χ2n) is 6.34. The molecule has 0 aromatic heterocycles. The zero-order chi connectivity index (χ0) is 14.8. The number of carbonyl (C=O) groups excluding carboxylic acids is 1. The van der Waals surface area contributed by atoms with Crippen LogP contribution in [0.25, 0.3) is 0 Å². The Bertz CT molecular complexity index is 497. The number of amides is 1. The molecule has 1 fully saturated rings. The van der Waals surface area contributed by atoms with E-state index in [0.29, 0.717) is 18.7 Å². The van der Waals surface area contributed by atoms with Crippen molar-refractivity contribution in [3.05, 3.63) is 23.8 Å². The standard InChI is InChI=1S/C16H24N2O2/c1-16(2)5-4-15(19)18(7-6-16)11-12-8-13(17)10-14(9-12)20-3/h8-10H,4-7,11,17H2,1-3H3. The summed E-state index contributed by atoms with van der Waals surface area (Å²) in [6.07, 6.45) is 2.63. The van der Waals surface area contributed by atoms with Crippen molar-refractivity contribution in [2.24, 2.45) is 5.41 Å². The molecule has 1 aliphatic rings. The van der Waals surface area contributed by atoms with Gasteiger partial charge in [-0.3, -0.25) is 4.79 Å². The fourth-order valence-corrected chi connectivity index (χ4v) is 2.57. The average molecular weight is 276 g/mol. The maximum Gasteiger partial charge on any atom is 0.222 e. The molecule has 0 aliphatic carbocycles. The van der Waals surface area contributed by atoms with E-state index >= 15 is 0 Å². The Kier molecular flexibility index (Phi) is 4.21. The lowest BCUT2D eigenvalue weighted by atomic mass is 9.85. The molecule has 20 heavy (non-hydrogen) atoms. The summed E-state index contributed by atoms with van der Waals surface area (Å²) in [4.78, 5) is 14.1. The molecule has 0 spiro atoms. The molecular weight excluding hydrogens is 252 g/mol. The Morgan fingerprint density at radius 1 is 1.30 bits per heavy atom. The lowest BCUT2D eigenvalue weighted by molar-refractivity contribution is -0.131. The molecule has 0 saturated carbocycles. The van der Waals surface area contributed by atoms with Crippen LogP contribution < -0.4 is 10.5 Å². The van der Waals surface area contributed by atoms with Crippen LogP contribution >= 0.6 is 0 Å². The number of ether oxygens (including phenoxy) is 1. The van der Waals surface area contributed by atoms with Crippen LogP contribution in [0.3, 0.4) is 0 Å². The van der Waals surface area contributed by atoms with Crippen molar-refractivity contribution in [1.29, 1.82) is 0 Å². The SMILES string of the molecule is COc1cc(N)cc(CN2CCC(C)(C)CCC2=O)c1. The second kappa shape index (κ2) is 5.73. The van der Waals surface area contributed by atoms with E-state index in [2.05, 4.69) is 13.8 Å². The van der Waals surface area contributed by atoms with Gasteiger partial charge in [-0.05, 0) is 36.0 Å². The largest absolute Gasteiger partial charge is 0.497 e. The molecule has 0 bridgehead atoms. The molecule has 2 N–H and O–H groups in total. The molecule has 1 heterocycles. The molecule has 0 atom stereocenters. The minimum absolute atomic E-state index is 0.233. The Morgan fingerprint density at radius 3 is 2.75 bits per heavy atom. The van der Waals surface area contributed by atoms with Crippen LogP contribution in [0.4, 0.5) is 5.69 Å². The normalized spacial score (nSPS) is 18.8. The van der Waals surface area contributed by atoms with E-state index in [9.17, 15) is 4.79 Å². The predicted molar refractivity (Wildman–Crippen MR) is 80.5 cm³/mol. The Balaban J connectivity index is 2.12. The number of hydrogen-bond acceptors (Lipinski definition) is 3. The number of carbonyl (C=O) groups is 1. The summed E-state index contributed by atoms with van der Waals surface area (Å²) in [6, 6.07) is 5.64. The van der Waals surface area contributed by atoms with E-state index in [0.717, 1.165) is 30.7 Å². The van der Waals surface area contributed by atoms with Gasteiger partial charge in [0.2, 0.25) is 5.91 Å². The number of methoxy groups -OCH3 is 1. The van der Waals surface area contributed by atoms with Gasteiger partial charge in [0, 0.05) is 31.3 Å². The molecule has 1 saturated heterocycles. The van der Waals surface area contributed by atoms with Gasteiger partial charge in [-0.1, -0.05) is 13.8 Å². The van der Waals surface area contributed by atoms with Crippen LogP contribution in [0.2, 0.25) is 0 Å². The van der Waals surface area contributed by atoms with Crippen LogP contribution in [-0.4, -0.2) is 24.5 Å². The smallest absolute Gasteiger partial charge is 0.222 e. The van der Waals surface area contributed by atoms with Crippen LogP contribution in [0.5, 0.6) is 5.75 Å². The summed E-state index contributed by atoms with van der Waals surface area (Å²) in [6.45, 7) is 5.87. The van der Waals surface area contributed by atoms with E-state index in [-0.39, 0.29) is 11.3 Å². The molecule has 1 aromatic rings. The topological polar surface area (TPSA) is 55.6 Å². The van der Waals surface area contributed by atoms with Gasteiger partial charge >= 0.3 is 0 Å². The lowest BCUT2D eigenvalue weighted by Gasteiger charge is -2.23. The molecule has 4 heteroatoms. The number of nitrogens with two attached hydrogens (primary N) is 1. The van der Waals surface area contributed by atoms with Gasteiger partial charge in [-0.25, -0.2) is 0 Å². The van der Waals surface area contributed by atoms with Gasteiger partial charge in [0.15, 0.2) is 0 Å². The fraction of sp³-hybridized carbons (Fsp3) is 0.562.